The molecule has 3 rings (SSSR count). The van der Waals surface area contributed by atoms with E-state index in [4.69, 9.17) is 0 Å². The predicted molar refractivity (Wildman–Crippen MR) is 96.4 cm³/mol. The van der Waals surface area contributed by atoms with Gasteiger partial charge in [-0.25, -0.2) is 4.90 Å². The lowest BCUT2D eigenvalue weighted by Gasteiger charge is -2.32. The molecule has 1 N–H and O–H groups in total. The second-order valence-electron chi connectivity index (χ2n) is 6.88. The highest BCUT2D eigenvalue weighted by Gasteiger charge is 2.46. The molecule has 7 heteroatoms. The van der Waals surface area contributed by atoms with Gasteiger partial charge in [-0.15, -0.1) is 0 Å². The van der Waals surface area contributed by atoms with Gasteiger partial charge in [-0.1, -0.05) is 12.8 Å². The molecule has 138 valence electrons. The van der Waals surface area contributed by atoms with Crippen LogP contribution in [0, 0.1) is 0 Å². The van der Waals surface area contributed by atoms with Crippen LogP contribution in [0.4, 0.5) is 11.4 Å². The van der Waals surface area contributed by atoms with Gasteiger partial charge in [0, 0.05) is 25.6 Å². The van der Waals surface area contributed by atoms with Crippen molar-refractivity contribution in [1.29, 1.82) is 0 Å². The van der Waals surface area contributed by atoms with Crippen molar-refractivity contribution in [3.63, 3.8) is 0 Å². The maximum Gasteiger partial charge on any atom is 0.257 e. The third-order valence-corrected chi connectivity index (χ3v) is 4.99. The van der Waals surface area contributed by atoms with Gasteiger partial charge in [0.15, 0.2) is 0 Å². The molecule has 1 aromatic carbocycles. The molecule has 0 radical (unpaired) electrons. The summed E-state index contributed by atoms with van der Waals surface area (Å²) in [6.07, 6.45) is 3.85. The number of nitrogens with zero attached hydrogens (tertiary/aromatic N) is 2. The van der Waals surface area contributed by atoms with Crippen LogP contribution in [-0.4, -0.2) is 40.6 Å². The Bertz CT molecular complexity index is 738. The van der Waals surface area contributed by atoms with Crippen molar-refractivity contribution in [2.75, 3.05) is 10.2 Å². The Labute approximate surface area is 152 Å². The summed E-state index contributed by atoms with van der Waals surface area (Å²) in [6, 6.07) is 5.84. The van der Waals surface area contributed by atoms with Crippen LogP contribution in [-0.2, 0) is 19.2 Å². The number of amides is 4. The lowest BCUT2D eigenvalue weighted by atomic mass is 10.1. The molecule has 1 unspecified atom stereocenters. The highest BCUT2D eigenvalue weighted by Crippen LogP contribution is 2.32. The molecule has 0 aromatic heterocycles. The second-order valence-corrected chi connectivity index (χ2v) is 6.88. The molecule has 1 aliphatic carbocycles. The van der Waals surface area contributed by atoms with Crippen LogP contribution in [0.15, 0.2) is 24.3 Å². The zero-order chi connectivity index (χ0) is 18.8. The molecule has 1 saturated heterocycles. The minimum absolute atomic E-state index is 0.0162. The van der Waals surface area contributed by atoms with Gasteiger partial charge >= 0.3 is 0 Å². The van der Waals surface area contributed by atoms with Crippen LogP contribution in [0.25, 0.3) is 0 Å². The second kappa shape index (κ2) is 7.27. The van der Waals surface area contributed by atoms with Crippen LogP contribution in [0.2, 0.25) is 0 Å². The van der Waals surface area contributed by atoms with Crippen molar-refractivity contribution in [3.8, 4) is 0 Å². The molecule has 1 aromatic rings. The number of hydrogen-bond acceptors (Lipinski definition) is 4. The van der Waals surface area contributed by atoms with Crippen LogP contribution >= 0.6 is 0 Å². The van der Waals surface area contributed by atoms with Gasteiger partial charge in [0.2, 0.25) is 17.7 Å². The van der Waals surface area contributed by atoms with Crippen LogP contribution in [0.1, 0.15) is 46.0 Å². The SMILES string of the molecule is CC(=O)Nc1ccc(N2C(=O)CC(N(C(C)=O)C3CCCC3)C2=O)cc1. The molecular formula is C19H23N3O4. The molecule has 2 aliphatic rings. The first-order valence-corrected chi connectivity index (χ1v) is 8.92. The summed E-state index contributed by atoms with van der Waals surface area (Å²) >= 11 is 0. The zero-order valence-electron chi connectivity index (χ0n) is 15.0. The average Bonchev–Trinajstić information content (AvgIpc) is 3.18. The number of benzene rings is 1. The quantitative estimate of drug-likeness (QED) is 0.836. The van der Waals surface area contributed by atoms with Crippen molar-refractivity contribution in [2.45, 2.75) is 58.0 Å². The van der Waals surface area contributed by atoms with E-state index in [2.05, 4.69) is 5.32 Å². The highest BCUT2D eigenvalue weighted by atomic mass is 16.2. The number of hydrogen-bond donors (Lipinski definition) is 1. The number of rotatable bonds is 4. The van der Waals surface area contributed by atoms with Crippen LogP contribution < -0.4 is 10.2 Å². The van der Waals surface area contributed by atoms with Gasteiger partial charge in [0.25, 0.3) is 5.91 Å². The van der Waals surface area contributed by atoms with Crippen molar-refractivity contribution < 1.29 is 19.2 Å². The summed E-state index contributed by atoms with van der Waals surface area (Å²) in [6.45, 7) is 2.87. The van der Waals surface area contributed by atoms with E-state index in [1.807, 2.05) is 0 Å². The lowest BCUT2D eigenvalue weighted by molar-refractivity contribution is -0.139. The maximum absolute atomic E-state index is 12.9. The molecule has 4 amide bonds. The summed E-state index contributed by atoms with van der Waals surface area (Å²) in [4.78, 5) is 51.4. The van der Waals surface area contributed by atoms with E-state index in [-0.39, 0.29) is 36.1 Å². The molecule has 1 heterocycles. The summed E-state index contributed by atoms with van der Waals surface area (Å²) in [5, 5.41) is 2.64. The van der Waals surface area contributed by atoms with E-state index in [0.29, 0.717) is 11.4 Å². The first-order valence-electron chi connectivity index (χ1n) is 8.92. The smallest absolute Gasteiger partial charge is 0.257 e. The fraction of sp³-hybridized carbons (Fsp3) is 0.474. The monoisotopic (exact) mass is 357 g/mol. The molecule has 0 bridgehead atoms. The maximum atomic E-state index is 12.9. The minimum Gasteiger partial charge on any atom is -0.327 e. The van der Waals surface area contributed by atoms with E-state index in [0.717, 1.165) is 30.6 Å². The Kier molecular flexibility index (Phi) is 5.06. The number of carbonyl (C=O) groups excluding carboxylic acids is 4. The first-order chi connectivity index (χ1) is 12.4. The molecule has 1 saturated carbocycles. The van der Waals surface area contributed by atoms with Gasteiger partial charge in [-0.2, -0.15) is 0 Å². The first kappa shape index (κ1) is 18.1. The topological polar surface area (TPSA) is 86.8 Å². The number of imide groups is 1. The molecule has 7 nitrogen and oxygen atoms in total. The van der Waals surface area contributed by atoms with Gasteiger partial charge in [-0.05, 0) is 37.1 Å². The Balaban J connectivity index is 1.81. The van der Waals surface area contributed by atoms with Crippen LogP contribution in [0.5, 0.6) is 0 Å². The van der Waals surface area contributed by atoms with Gasteiger partial charge in [-0.3, -0.25) is 19.2 Å². The Morgan fingerprint density at radius 3 is 2.23 bits per heavy atom. The molecular weight excluding hydrogens is 334 g/mol. The molecule has 1 atom stereocenters. The molecule has 1 aliphatic heterocycles. The van der Waals surface area contributed by atoms with Crippen molar-refractivity contribution in [1.82, 2.24) is 4.90 Å². The fourth-order valence-electron chi connectivity index (χ4n) is 3.92. The Hall–Kier alpha value is -2.70. The van der Waals surface area contributed by atoms with E-state index >= 15 is 0 Å². The summed E-state index contributed by atoms with van der Waals surface area (Å²) < 4.78 is 0. The number of nitrogens with one attached hydrogen (secondary N) is 1. The molecule has 2 fully saturated rings. The van der Waals surface area contributed by atoms with Gasteiger partial charge in [0.05, 0.1) is 12.1 Å². The normalized spacial score (nSPS) is 20.5. The molecule has 0 spiro atoms. The minimum atomic E-state index is -0.724. The van der Waals surface area contributed by atoms with E-state index in [1.165, 1.54) is 13.8 Å². The highest BCUT2D eigenvalue weighted by molar-refractivity contribution is 6.23. The number of anilines is 2. The Morgan fingerprint density at radius 1 is 1.08 bits per heavy atom. The Morgan fingerprint density at radius 2 is 1.69 bits per heavy atom. The number of carbonyl (C=O) groups is 4. The van der Waals surface area contributed by atoms with Crippen molar-refractivity contribution in [3.05, 3.63) is 24.3 Å². The zero-order valence-corrected chi connectivity index (χ0v) is 15.0. The standard InChI is InChI=1S/C19H23N3O4/c1-12(23)20-14-7-9-16(10-8-14)22-18(25)11-17(19(22)26)21(13(2)24)15-5-3-4-6-15/h7-10,15,17H,3-6,11H2,1-2H3,(H,20,23). The van der Waals surface area contributed by atoms with E-state index < -0.39 is 6.04 Å². The third-order valence-electron chi connectivity index (χ3n) is 4.99. The van der Waals surface area contributed by atoms with E-state index in [9.17, 15) is 19.2 Å². The van der Waals surface area contributed by atoms with Crippen molar-refractivity contribution >= 4 is 35.0 Å². The van der Waals surface area contributed by atoms with Gasteiger partial charge < -0.3 is 10.2 Å². The van der Waals surface area contributed by atoms with Crippen LogP contribution in [0.3, 0.4) is 0 Å². The fourth-order valence-corrected chi connectivity index (χ4v) is 3.92. The third kappa shape index (κ3) is 3.47. The summed E-state index contributed by atoms with van der Waals surface area (Å²) in [5.41, 5.74) is 1.04. The lowest BCUT2D eigenvalue weighted by Crippen LogP contribution is -2.49. The summed E-state index contributed by atoms with van der Waals surface area (Å²) in [7, 11) is 0. The van der Waals surface area contributed by atoms with E-state index in [1.54, 1.807) is 29.2 Å². The predicted octanol–water partition coefficient (Wildman–Crippen LogP) is 2.07. The largest absolute Gasteiger partial charge is 0.327 e. The van der Waals surface area contributed by atoms with Gasteiger partial charge in [0.1, 0.15) is 6.04 Å². The molecule has 26 heavy (non-hydrogen) atoms. The average molecular weight is 357 g/mol. The summed E-state index contributed by atoms with van der Waals surface area (Å²) in [5.74, 6) is -1.02. The van der Waals surface area contributed by atoms with Crippen molar-refractivity contribution in [2.24, 2.45) is 0 Å².